The molecule has 0 unspecified atom stereocenters. The van der Waals surface area contributed by atoms with Crippen molar-refractivity contribution in [3.8, 4) is 0 Å². The van der Waals surface area contributed by atoms with E-state index in [0.717, 1.165) is 83.9 Å². The number of benzene rings is 2. The average Bonchev–Trinajstić information content (AvgIpc) is 3.34. The zero-order chi connectivity index (χ0) is 22.9. The van der Waals surface area contributed by atoms with Gasteiger partial charge in [-0.1, -0.05) is 6.07 Å². The number of piperazine rings is 2. The molecule has 2 aromatic carbocycles. The van der Waals surface area contributed by atoms with Gasteiger partial charge < -0.3 is 25.8 Å². The van der Waals surface area contributed by atoms with Crippen LogP contribution in [0.5, 0.6) is 0 Å². The van der Waals surface area contributed by atoms with Gasteiger partial charge in [-0.3, -0.25) is 4.79 Å². The van der Waals surface area contributed by atoms with Crippen LogP contribution in [0.15, 0.2) is 48.7 Å². The van der Waals surface area contributed by atoms with E-state index in [9.17, 15) is 4.79 Å². The van der Waals surface area contributed by atoms with E-state index in [1.54, 1.807) is 0 Å². The molecular formula is C25H27N7OS. The fraction of sp³-hybridized carbons (Fsp3) is 0.320. The number of fused-ring (bicyclic) bond motifs is 3. The standard InChI is InChI=1S/C25H27N7OS/c33-24(32-12-8-27-9-13-32)22-15-20-21(34-22)5-4-17-16-28-25(30-23(17)20)29-18-2-1-3-19(14-18)31-10-6-26-7-11-31/h1-5,14-16,26-27H,6-13H2,(H,28,29,30). The second-order valence-electron chi connectivity index (χ2n) is 8.67. The molecule has 0 atom stereocenters. The summed E-state index contributed by atoms with van der Waals surface area (Å²) < 4.78 is 1.07. The van der Waals surface area contributed by atoms with Gasteiger partial charge in [0, 0.05) is 85.4 Å². The molecule has 4 heterocycles. The smallest absolute Gasteiger partial charge is 0.264 e. The van der Waals surface area contributed by atoms with Crippen molar-refractivity contribution in [1.82, 2.24) is 25.5 Å². The van der Waals surface area contributed by atoms with Crippen LogP contribution in [0.2, 0.25) is 0 Å². The number of carbonyl (C=O) groups is 1. The summed E-state index contributed by atoms with van der Waals surface area (Å²) in [6.45, 7) is 7.19. The fourth-order valence-electron chi connectivity index (χ4n) is 4.63. The van der Waals surface area contributed by atoms with Crippen molar-refractivity contribution in [2.24, 2.45) is 0 Å². The molecule has 34 heavy (non-hydrogen) atoms. The number of rotatable bonds is 4. The van der Waals surface area contributed by atoms with Gasteiger partial charge in [0.05, 0.1) is 10.4 Å². The Morgan fingerprint density at radius 2 is 1.76 bits per heavy atom. The van der Waals surface area contributed by atoms with Gasteiger partial charge in [-0.2, -0.15) is 0 Å². The first-order valence-electron chi connectivity index (χ1n) is 11.8. The maximum atomic E-state index is 13.0. The number of hydrogen-bond donors (Lipinski definition) is 3. The van der Waals surface area contributed by atoms with Crippen molar-refractivity contribution < 1.29 is 4.79 Å². The maximum Gasteiger partial charge on any atom is 0.264 e. The zero-order valence-electron chi connectivity index (χ0n) is 18.9. The van der Waals surface area contributed by atoms with Crippen LogP contribution in [0, 0.1) is 0 Å². The Morgan fingerprint density at radius 1 is 0.971 bits per heavy atom. The van der Waals surface area contributed by atoms with Crippen molar-refractivity contribution >= 4 is 55.6 Å². The third kappa shape index (κ3) is 4.18. The molecule has 2 fully saturated rings. The molecule has 2 aliphatic rings. The molecule has 1 amide bonds. The van der Waals surface area contributed by atoms with Crippen molar-refractivity contribution in [2.45, 2.75) is 0 Å². The van der Waals surface area contributed by atoms with Gasteiger partial charge >= 0.3 is 0 Å². The van der Waals surface area contributed by atoms with Crippen molar-refractivity contribution in [3.05, 3.63) is 53.5 Å². The number of amides is 1. The zero-order valence-corrected chi connectivity index (χ0v) is 19.7. The van der Waals surface area contributed by atoms with E-state index in [1.807, 2.05) is 29.3 Å². The van der Waals surface area contributed by atoms with E-state index in [1.165, 1.54) is 17.0 Å². The lowest BCUT2D eigenvalue weighted by atomic mass is 10.1. The lowest BCUT2D eigenvalue weighted by molar-refractivity contribution is 0.0741. The van der Waals surface area contributed by atoms with Crippen LogP contribution in [0.4, 0.5) is 17.3 Å². The minimum atomic E-state index is 0.105. The number of thiophene rings is 1. The summed E-state index contributed by atoms with van der Waals surface area (Å²) in [7, 11) is 0. The predicted molar refractivity (Wildman–Crippen MR) is 139 cm³/mol. The van der Waals surface area contributed by atoms with Crippen LogP contribution in [-0.2, 0) is 0 Å². The third-order valence-corrected chi connectivity index (χ3v) is 7.53. The van der Waals surface area contributed by atoms with E-state index in [4.69, 9.17) is 4.98 Å². The van der Waals surface area contributed by atoms with Gasteiger partial charge in [0.25, 0.3) is 5.91 Å². The Balaban J connectivity index is 1.30. The number of anilines is 3. The van der Waals surface area contributed by atoms with Crippen LogP contribution in [0.3, 0.4) is 0 Å². The molecule has 6 rings (SSSR count). The van der Waals surface area contributed by atoms with Gasteiger partial charge in [-0.15, -0.1) is 11.3 Å². The Morgan fingerprint density at radius 3 is 2.59 bits per heavy atom. The first kappa shape index (κ1) is 21.3. The van der Waals surface area contributed by atoms with E-state index in [-0.39, 0.29) is 5.91 Å². The van der Waals surface area contributed by atoms with Crippen molar-refractivity contribution in [3.63, 3.8) is 0 Å². The van der Waals surface area contributed by atoms with E-state index in [0.29, 0.717) is 5.95 Å². The Labute approximate surface area is 202 Å². The molecule has 3 N–H and O–H groups in total. The second-order valence-corrected chi connectivity index (χ2v) is 9.76. The first-order valence-corrected chi connectivity index (χ1v) is 12.6. The SMILES string of the molecule is O=C(c1cc2c(ccc3cnc(Nc4cccc(N5CCNCC5)c4)nc32)s1)N1CCNCC1. The Hall–Kier alpha value is -3.27. The van der Waals surface area contributed by atoms with Gasteiger partial charge in [-0.05, 0) is 36.4 Å². The minimum absolute atomic E-state index is 0.105. The molecule has 2 saturated heterocycles. The number of aromatic nitrogens is 2. The van der Waals surface area contributed by atoms with Crippen LogP contribution >= 0.6 is 11.3 Å². The first-order chi connectivity index (χ1) is 16.7. The molecule has 2 aliphatic heterocycles. The van der Waals surface area contributed by atoms with E-state index in [2.05, 4.69) is 50.1 Å². The van der Waals surface area contributed by atoms with Crippen LogP contribution < -0.4 is 20.9 Å². The minimum Gasteiger partial charge on any atom is -0.369 e. The van der Waals surface area contributed by atoms with Crippen LogP contribution in [0.25, 0.3) is 21.0 Å². The number of nitrogens with zero attached hydrogens (tertiary/aromatic N) is 4. The molecule has 9 heteroatoms. The monoisotopic (exact) mass is 473 g/mol. The summed E-state index contributed by atoms with van der Waals surface area (Å²) in [6.07, 6.45) is 1.85. The molecule has 4 aromatic rings. The molecule has 174 valence electrons. The molecule has 2 aromatic heterocycles. The van der Waals surface area contributed by atoms with Crippen molar-refractivity contribution in [2.75, 3.05) is 62.6 Å². The summed E-state index contributed by atoms with van der Waals surface area (Å²) in [5.74, 6) is 0.659. The topological polar surface area (TPSA) is 85.4 Å². The predicted octanol–water partition coefficient (Wildman–Crippen LogP) is 3.04. The molecule has 0 saturated carbocycles. The molecule has 0 radical (unpaired) electrons. The van der Waals surface area contributed by atoms with E-state index >= 15 is 0 Å². The lowest BCUT2D eigenvalue weighted by Gasteiger charge is -2.29. The summed E-state index contributed by atoms with van der Waals surface area (Å²) >= 11 is 1.54. The molecule has 0 bridgehead atoms. The maximum absolute atomic E-state index is 13.0. The summed E-state index contributed by atoms with van der Waals surface area (Å²) in [4.78, 5) is 27.5. The normalized spacial score (nSPS) is 16.8. The van der Waals surface area contributed by atoms with Crippen LogP contribution in [-0.4, -0.2) is 73.1 Å². The van der Waals surface area contributed by atoms with Gasteiger partial charge in [0.1, 0.15) is 0 Å². The largest absolute Gasteiger partial charge is 0.369 e. The molecule has 8 nitrogen and oxygen atoms in total. The van der Waals surface area contributed by atoms with Gasteiger partial charge in [0.2, 0.25) is 5.95 Å². The fourth-order valence-corrected chi connectivity index (χ4v) is 5.66. The second kappa shape index (κ2) is 9.17. The summed E-state index contributed by atoms with van der Waals surface area (Å²) in [5, 5.41) is 12.0. The number of carbonyl (C=O) groups excluding carboxylic acids is 1. The van der Waals surface area contributed by atoms with Crippen LogP contribution in [0.1, 0.15) is 9.67 Å². The highest BCUT2D eigenvalue weighted by Gasteiger charge is 2.21. The highest BCUT2D eigenvalue weighted by atomic mass is 32.1. The molecule has 0 spiro atoms. The molecule has 0 aliphatic carbocycles. The third-order valence-electron chi connectivity index (χ3n) is 6.45. The Kier molecular flexibility index (Phi) is 5.74. The Bertz CT molecular complexity index is 1340. The lowest BCUT2D eigenvalue weighted by Crippen LogP contribution is -2.46. The van der Waals surface area contributed by atoms with Crippen molar-refractivity contribution in [1.29, 1.82) is 0 Å². The quantitative estimate of drug-likeness (QED) is 0.420. The van der Waals surface area contributed by atoms with Gasteiger partial charge in [-0.25, -0.2) is 9.97 Å². The highest BCUT2D eigenvalue weighted by Crippen LogP contribution is 2.32. The van der Waals surface area contributed by atoms with E-state index < -0.39 is 0 Å². The number of hydrogen-bond acceptors (Lipinski definition) is 8. The van der Waals surface area contributed by atoms with Gasteiger partial charge in [0.15, 0.2) is 0 Å². The summed E-state index contributed by atoms with van der Waals surface area (Å²) in [6, 6.07) is 14.5. The number of nitrogens with one attached hydrogen (secondary N) is 3. The summed E-state index contributed by atoms with van der Waals surface area (Å²) in [5.41, 5.74) is 3.02. The average molecular weight is 474 g/mol. The molecular weight excluding hydrogens is 446 g/mol. The highest BCUT2D eigenvalue weighted by molar-refractivity contribution is 7.21.